The Balaban J connectivity index is 1.63. The maximum atomic E-state index is 12.6. The Morgan fingerprint density at radius 2 is 1.61 bits per heavy atom. The molecule has 0 spiro atoms. The van der Waals surface area contributed by atoms with Crippen LogP contribution in [-0.4, -0.2) is 24.2 Å². The number of aryl methyl sites for hydroxylation is 2. The van der Waals surface area contributed by atoms with Gasteiger partial charge in [0, 0.05) is 21.8 Å². The number of carbonyl (C=O) groups excluding carboxylic acids is 2. The lowest BCUT2D eigenvalue weighted by Gasteiger charge is -2.14. The quantitative estimate of drug-likeness (QED) is 0.469. The second-order valence-electron chi connectivity index (χ2n) is 7.26. The Labute approximate surface area is 187 Å². The maximum Gasteiger partial charge on any atom is 0.255 e. The second kappa shape index (κ2) is 10.2. The van der Waals surface area contributed by atoms with Crippen molar-refractivity contribution in [3.05, 3.63) is 83.4 Å². The Morgan fingerprint density at radius 1 is 0.871 bits per heavy atom. The van der Waals surface area contributed by atoms with Crippen LogP contribution in [0.2, 0.25) is 0 Å². The second-order valence-corrected chi connectivity index (χ2v) is 8.68. The fourth-order valence-corrected chi connectivity index (χ4v) is 3.86. The molecule has 0 aliphatic rings. The molecule has 0 heterocycles. The highest BCUT2D eigenvalue weighted by atomic mass is 32.2. The molecule has 0 radical (unpaired) electrons. The van der Waals surface area contributed by atoms with Crippen molar-refractivity contribution in [2.24, 2.45) is 0 Å². The molecule has 2 N–H and O–H groups in total. The minimum Gasteiger partial charge on any atom is -0.497 e. The van der Waals surface area contributed by atoms with Crippen LogP contribution in [-0.2, 0) is 4.79 Å². The summed E-state index contributed by atoms with van der Waals surface area (Å²) in [5.41, 5.74) is 4.30. The molecule has 0 fully saturated rings. The first kappa shape index (κ1) is 22.4. The summed E-state index contributed by atoms with van der Waals surface area (Å²) >= 11 is 1.44. The molecule has 160 valence electrons. The molecule has 0 saturated heterocycles. The van der Waals surface area contributed by atoms with Crippen molar-refractivity contribution in [2.45, 2.75) is 30.9 Å². The summed E-state index contributed by atoms with van der Waals surface area (Å²) in [6.07, 6.45) is 0. The summed E-state index contributed by atoms with van der Waals surface area (Å²) in [7, 11) is 1.56. The van der Waals surface area contributed by atoms with E-state index in [1.807, 2.05) is 63.2 Å². The molecule has 0 saturated carbocycles. The Bertz CT molecular complexity index is 1100. The number of thioether (sulfide) groups is 1. The maximum absolute atomic E-state index is 12.6. The number of hydrogen-bond donors (Lipinski definition) is 2. The third-order valence-corrected chi connectivity index (χ3v) is 5.97. The average molecular weight is 435 g/mol. The van der Waals surface area contributed by atoms with Crippen LogP contribution < -0.4 is 15.4 Å². The van der Waals surface area contributed by atoms with Crippen LogP contribution in [0, 0.1) is 13.8 Å². The van der Waals surface area contributed by atoms with Gasteiger partial charge < -0.3 is 15.4 Å². The van der Waals surface area contributed by atoms with Gasteiger partial charge in [0.05, 0.1) is 12.4 Å². The van der Waals surface area contributed by atoms with Crippen molar-refractivity contribution < 1.29 is 14.3 Å². The van der Waals surface area contributed by atoms with Crippen LogP contribution >= 0.6 is 11.8 Å². The van der Waals surface area contributed by atoms with Gasteiger partial charge in [0.2, 0.25) is 5.91 Å². The summed E-state index contributed by atoms with van der Waals surface area (Å²) in [4.78, 5) is 26.0. The highest BCUT2D eigenvalue weighted by molar-refractivity contribution is 8.00. The fraction of sp³-hybridized carbons (Fsp3) is 0.200. The zero-order chi connectivity index (χ0) is 22.4. The zero-order valence-corrected chi connectivity index (χ0v) is 18.9. The number of ether oxygens (including phenoxy) is 1. The van der Waals surface area contributed by atoms with E-state index in [9.17, 15) is 9.59 Å². The van der Waals surface area contributed by atoms with E-state index < -0.39 is 0 Å². The van der Waals surface area contributed by atoms with Gasteiger partial charge in [-0.3, -0.25) is 9.59 Å². The Morgan fingerprint density at radius 3 is 2.35 bits per heavy atom. The van der Waals surface area contributed by atoms with Crippen molar-refractivity contribution in [2.75, 3.05) is 17.7 Å². The molecule has 6 heteroatoms. The van der Waals surface area contributed by atoms with Crippen LogP contribution in [0.5, 0.6) is 5.75 Å². The summed E-state index contributed by atoms with van der Waals surface area (Å²) in [5.74, 6) is 0.334. The minimum atomic E-state index is -0.300. The normalized spacial score (nSPS) is 11.5. The predicted molar refractivity (Wildman–Crippen MR) is 127 cm³/mol. The Kier molecular flexibility index (Phi) is 7.36. The lowest BCUT2D eigenvalue weighted by atomic mass is 10.1. The van der Waals surface area contributed by atoms with E-state index in [4.69, 9.17) is 4.74 Å². The highest BCUT2D eigenvalue weighted by Gasteiger charge is 2.15. The van der Waals surface area contributed by atoms with Crippen LogP contribution in [0.3, 0.4) is 0 Å². The lowest BCUT2D eigenvalue weighted by molar-refractivity contribution is -0.115. The highest BCUT2D eigenvalue weighted by Crippen LogP contribution is 2.27. The first-order valence-electron chi connectivity index (χ1n) is 9.96. The van der Waals surface area contributed by atoms with Crippen molar-refractivity contribution in [1.29, 1.82) is 0 Å². The van der Waals surface area contributed by atoms with Crippen molar-refractivity contribution in [1.82, 2.24) is 0 Å². The summed E-state index contributed by atoms with van der Waals surface area (Å²) in [6.45, 7) is 5.93. The van der Waals surface area contributed by atoms with Gasteiger partial charge in [0.15, 0.2) is 0 Å². The van der Waals surface area contributed by atoms with Gasteiger partial charge in [-0.25, -0.2) is 0 Å². The molecular formula is C25H26N2O3S. The first-order valence-corrected chi connectivity index (χ1v) is 10.8. The summed E-state index contributed by atoms with van der Waals surface area (Å²) < 4.78 is 5.17. The van der Waals surface area contributed by atoms with Gasteiger partial charge in [-0.2, -0.15) is 0 Å². The average Bonchev–Trinajstić information content (AvgIpc) is 2.76. The van der Waals surface area contributed by atoms with E-state index in [0.717, 1.165) is 16.1 Å². The van der Waals surface area contributed by atoms with E-state index in [1.165, 1.54) is 17.3 Å². The number of amides is 2. The van der Waals surface area contributed by atoms with Gasteiger partial charge in [-0.15, -0.1) is 11.8 Å². The zero-order valence-electron chi connectivity index (χ0n) is 18.1. The molecule has 31 heavy (non-hydrogen) atoms. The number of benzene rings is 3. The molecule has 0 aliphatic heterocycles. The molecule has 3 rings (SSSR count). The smallest absolute Gasteiger partial charge is 0.255 e. The fourth-order valence-electron chi connectivity index (χ4n) is 2.94. The molecule has 3 aromatic rings. The third kappa shape index (κ3) is 6.12. The molecule has 0 bridgehead atoms. The van der Waals surface area contributed by atoms with E-state index in [2.05, 4.69) is 10.6 Å². The summed E-state index contributed by atoms with van der Waals surface area (Å²) in [5, 5.41) is 5.56. The van der Waals surface area contributed by atoms with Crippen LogP contribution in [0.25, 0.3) is 0 Å². The van der Waals surface area contributed by atoms with Gasteiger partial charge in [0.1, 0.15) is 5.75 Å². The van der Waals surface area contributed by atoms with Crippen molar-refractivity contribution >= 4 is 35.0 Å². The number of nitrogens with one attached hydrogen (secondary N) is 2. The number of rotatable bonds is 7. The molecule has 2 amide bonds. The predicted octanol–water partition coefficient (Wildman–Crippen LogP) is 5.68. The van der Waals surface area contributed by atoms with Gasteiger partial charge in [0.25, 0.3) is 5.91 Å². The largest absolute Gasteiger partial charge is 0.497 e. The molecule has 0 aromatic heterocycles. The molecular weight excluding hydrogens is 408 g/mol. The SMILES string of the molecule is COc1cccc(C(=O)Nc2cccc(SC(C)C(=O)Nc3ccc(C)c(C)c3)c2)c1. The van der Waals surface area contributed by atoms with E-state index in [0.29, 0.717) is 17.0 Å². The number of carbonyl (C=O) groups is 2. The molecule has 1 atom stereocenters. The third-order valence-electron chi connectivity index (χ3n) is 4.88. The van der Waals surface area contributed by atoms with E-state index >= 15 is 0 Å². The molecule has 0 aliphatic carbocycles. The summed E-state index contributed by atoms with van der Waals surface area (Å²) in [6, 6.07) is 20.3. The molecule has 3 aromatic carbocycles. The van der Waals surface area contributed by atoms with Gasteiger partial charge >= 0.3 is 0 Å². The minimum absolute atomic E-state index is 0.0703. The van der Waals surface area contributed by atoms with Crippen LogP contribution in [0.1, 0.15) is 28.4 Å². The number of hydrogen-bond acceptors (Lipinski definition) is 4. The monoisotopic (exact) mass is 434 g/mol. The van der Waals surface area contributed by atoms with E-state index in [1.54, 1.807) is 31.4 Å². The standard InChI is InChI=1S/C25H26N2O3S/c1-16-11-12-21(13-17(16)2)26-24(28)18(3)31-23-10-6-8-20(15-23)27-25(29)19-7-5-9-22(14-19)30-4/h5-15,18H,1-4H3,(H,26,28)(H,27,29). The van der Waals surface area contributed by atoms with Gasteiger partial charge in [-0.05, 0) is 80.4 Å². The molecule has 5 nitrogen and oxygen atoms in total. The van der Waals surface area contributed by atoms with E-state index in [-0.39, 0.29) is 17.1 Å². The van der Waals surface area contributed by atoms with Crippen LogP contribution in [0.15, 0.2) is 71.6 Å². The first-order chi connectivity index (χ1) is 14.9. The van der Waals surface area contributed by atoms with Crippen molar-refractivity contribution in [3.63, 3.8) is 0 Å². The van der Waals surface area contributed by atoms with Crippen LogP contribution in [0.4, 0.5) is 11.4 Å². The van der Waals surface area contributed by atoms with Gasteiger partial charge in [-0.1, -0.05) is 18.2 Å². The molecule has 1 unspecified atom stereocenters. The number of anilines is 2. The Hall–Kier alpha value is -3.25. The topological polar surface area (TPSA) is 67.4 Å². The lowest BCUT2D eigenvalue weighted by Crippen LogP contribution is -2.22. The van der Waals surface area contributed by atoms with Crippen molar-refractivity contribution in [3.8, 4) is 5.75 Å². The number of methoxy groups -OCH3 is 1.